The van der Waals surface area contributed by atoms with Crippen LogP contribution >= 0.6 is 22.9 Å². The van der Waals surface area contributed by atoms with Gasteiger partial charge >= 0.3 is 0 Å². The van der Waals surface area contributed by atoms with E-state index in [4.69, 9.17) is 22.3 Å². The molecule has 1 saturated heterocycles. The highest BCUT2D eigenvalue weighted by molar-refractivity contribution is 7.15. The zero-order valence-corrected chi connectivity index (χ0v) is 27.0. The van der Waals surface area contributed by atoms with E-state index in [0.717, 1.165) is 44.5 Å². The number of aryl methyl sites for hydroxylation is 2. The van der Waals surface area contributed by atoms with Crippen LogP contribution in [0.5, 0.6) is 0 Å². The van der Waals surface area contributed by atoms with Crippen LogP contribution in [0, 0.1) is 38.5 Å². The number of amides is 2. The lowest BCUT2D eigenvalue weighted by atomic mass is 9.95. The van der Waals surface area contributed by atoms with Crippen molar-refractivity contribution in [1.29, 1.82) is 0 Å². The zero-order chi connectivity index (χ0) is 31.7. The van der Waals surface area contributed by atoms with Crippen molar-refractivity contribution in [2.45, 2.75) is 46.1 Å². The second-order valence-corrected chi connectivity index (χ2v) is 13.0. The van der Waals surface area contributed by atoms with E-state index < -0.39 is 6.04 Å². The molecule has 0 aliphatic carbocycles. The van der Waals surface area contributed by atoms with Gasteiger partial charge in [0.25, 0.3) is 0 Å². The molecular weight excluding hydrogens is 606 g/mol. The lowest BCUT2D eigenvalue weighted by Crippen LogP contribution is -2.41. The van der Waals surface area contributed by atoms with Crippen molar-refractivity contribution in [2.24, 2.45) is 16.6 Å². The number of carbonyl (C=O) groups excluding carboxylic acids is 2. The zero-order valence-electron chi connectivity index (χ0n) is 25.4. The van der Waals surface area contributed by atoms with Crippen molar-refractivity contribution in [3.8, 4) is 16.8 Å². The molecule has 4 heterocycles. The minimum atomic E-state index is -0.526. The van der Waals surface area contributed by atoms with Gasteiger partial charge in [0.2, 0.25) is 11.8 Å². The molecule has 2 aromatic carbocycles. The van der Waals surface area contributed by atoms with Gasteiger partial charge in [-0.25, -0.2) is 0 Å². The van der Waals surface area contributed by atoms with Crippen LogP contribution in [0.1, 0.15) is 64.1 Å². The Labute approximate surface area is 271 Å². The predicted molar refractivity (Wildman–Crippen MR) is 178 cm³/mol. The van der Waals surface area contributed by atoms with Crippen LogP contribution in [-0.2, 0) is 9.59 Å². The number of aromatic nitrogens is 3. The van der Waals surface area contributed by atoms with Gasteiger partial charge in [-0.1, -0.05) is 35.6 Å². The maximum atomic E-state index is 13.8. The number of fused-ring (bicyclic) bond motifs is 3. The summed E-state index contributed by atoms with van der Waals surface area (Å²) in [6.07, 6.45) is 1.33. The summed E-state index contributed by atoms with van der Waals surface area (Å²) in [6, 6.07) is 14.5. The van der Waals surface area contributed by atoms with Gasteiger partial charge in [-0.2, -0.15) is 0 Å². The third-order valence-electron chi connectivity index (χ3n) is 8.43. The average molecular weight is 640 g/mol. The smallest absolute Gasteiger partial charge is 0.227 e. The summed E-state index contributed by atoms with van der Waals surface area (Å²) in [5.41, 5.74) is 10.9. The number of nitrogens with zero attached hydrogens (tertiary/aromatic N) is 5. The molecule has 1 atom stereocenters. The number of likely N-dealkylation sites (tertiary alicyclic amines) is 1. The Bertz CT molecular complexity index is 1840. The number of thiophene rings is 1. The van der Waals surface area contributed by atoms with Gasteiger partial charge in [0.05, 0.1) is 18.7 Å². The fourth-order valence-electron chi connectivity index (χ4n) is 5.85. The van der Waals surface area contributed by atoms with Crippen molar-refractivity contribution in [3.63, 3.8) is 0 Å². The van der Waals surface area contributed by atoms with Crippen LogP contribution < -0.4 is 11.1 Å². The molecule has 2 aromatic heterocycles. The number of hydrogen-bond acceptors (Lipinski definition) is 7. The monoisotopic (exact) mass is 639 g/mol. The summed E-state index contributed by atoms with van der Waals surface area (Å²) in [5, 5.41) is 13.6. The largest absolute Gasteiger partial charge is 0.343 e. The van der Waals surface area contributed by atoms with Crippen LogP contribution in [0.2, 0.25) is 5.02 Å². The van der Waals surface area contributed by atoms with Gasteiger partial charge in [-0.3, -0.25) is 19.1 Å². The molecule has 2 aliphatic heterocycles. The van der Waals surface area contributed by atoms with Gasteiger partial charge < -0.3 is 16.0 Å². The molecular formula is C34H34ClN7O2S. The molecule has 9 nitrogen and oxygen atoms in total. The first kappa shape index (κ1) is 30.7. The van der Waals surface area contributed by atoms with E-state index in [-0.39, 0.29) is 24.2 Å². The van der Waals surface area contributed by atoms with E-state index in [1.807, 2.05) is 60.4 Å². The number of rotatable bonds is 5. The van der Waals surface area contributed by atoms with Crippen molar-refractivity contribution >= 4 is 46.2 Å². The van der Waals surface area contributed by atoms with Gasteiger partial charge in [-0.15, -0.1) is 21.5 Å². The quantitative estimate of drug-likeness (QED) is 0.285. The number of nitrogens with two attached hydrogens (primary N) is 1. The third kappa shape index (κ3) is 6.29. The van der Waals surface area contributed by atoms with E-state index in [0.29, 0.717) is 43.3 Å². The summed E-state index contributed by atoms with van der Waals surface area (Å²) in [5.74, 6) is 6.98. The van der Waals surface area contributed by atoms with Crippen LogP contribution in [0.25, 0.3) is 5.00 Å². The lowest BCUT2D eigenvalue weighted by Gasteiger charge is -2.32. The van der Waals surface area contributed by atoms with E-state index in [9.17, 15) is 9.59 Å². The number of halogens is 1. The van der Waals surface area contributed by atoms with E-state index in [1.54, 1.807) is 11.3 Å². The summed E-state index contributed by atoms with van der Waals surface area (Å²) < 4.78 is 2.05. The predicted octanol–water partition coefficient (Wildman–Crippen LogP) is 5.38. The van der Waals surface area contributed by atoms with E-state index in [1.165, 1.54) is 4.88 Å². The molecule has 2 amide bonds. The lowest BCUT2D eigenvalue weighted by molar-refractivity contribution is -0.134. The van der Waals surface area contributed by atoms with Gasteiger partial charge in [-0.05, 0) is 75.6 Å². The normalized spacial score (nSPS) is 16.2. The molecule has 2 aliphatic rings. The standard InChI is InChI=1S/C34H34ClN7O2S/c1-20-21(2)45-34-30(20)31(24-8-10-26(35)11-9-24)38-28(32-40-39-22(3)42(32)34)19-29(43)41-17-14-25(15-18-41)33(44)37-27-12-6-23(7-13-27)5-4-16-36/h6-13,25,28H,14-19,36H2,1-3H3,(H,37,44)/t28-/m0/s1. The third-order valence-corrected chi connectivity index (χ3v) is 9.88. The maximum absolute atomic E-state index is 13.8. The number of nitrogens with one attached hydrogen (secondary N) is 1. The minimum absolute atomic E-state index is 0.0161. The Balaban J connectivity index is 1.18. The highest BCUT2D eigenvalue weighted by Gasteiger charge is 2.34. The Morgan fingerprint density at radius 3 is 2.44 bits per heavy atom. The van der Waals surface area contributed by atoms with Gasteiger partial charge in [0.15, 0.2) is 5.82 Å². The summed E-state index contributed by atoms with van der Waals surface area (Å²) in [4.78, 5) is 35.0. The number of aliphatic imine (C=N–C) groups is 1. The fourth-order valence-corrected chi connectivity index (χ4v) is 7.19. The van der Waals surface area contributed by atoms with Crippen molar-refractivity contribution in [1.82, 2.24) is 19.7 Å². The SMILES string of the molecule is Cc1sc2c(c1C)C(c1ccc(Cl)cc1)=N[C@@H](CC(=O)N1CCC(C(=O)Nc3ccc(C#CCN)cc3)CC1)c1nnc(C)n1-2. The Kier molecular flexibility index (Phi) is 8.85. The molecule has 6 rings (SSSR count). The molecule has 0 saturated carbocycles. The fraction of sp³-hybridized carbons (Fsp3) is 0.324. The molecule has 45 heavy (non-hydrogen) atoms. The molecule has 11 heteroatoms. The van der Waals surface area contributed by atoms with E-state index >= 15 is 0 Å². The molecule has 4 aromatic rings. The molecule has 1 fully saturated rings. The van der Waals surface area contributed by atoms with Crippen LogP contribution in [0.3, 0.4) is 0 Å². The average Bonchev–Trinajstić information content (AvgIpc) is 3.52. The first-order valence-electron chi connectivity index (χ1n) is 15.0. The molecule has 3 N–H and O–H groups in total. The van der Waals surface area contributed by atoms with Crippen LogP contribution in [-0.4, -0.2) is 56.8 Å². The number of carbonyl (C=O) groups is 2. The van der Waals surface area contributed by atoms with Crippen molar-refractivity contribution < 1.29 is 9.59 Å². The topological polar surface area (TPSA) is 118 Å². The Morgan fingerprint density at radius 1 is 1.04 bits per heavy atom. The second kappa shape index (κ2) is 13.0. The second-order valence-electron chi connectivity index (χ2n) is 11.3. The number of hydrogen-bond donors (Lipinski definition) is 2. The molecule has 0 spiro atoms. The summed E-state index contributed by atoms with van der Waals surface area (Å²) in [6.45, 7) is 7.44. The van der Waals surface area contributed by atoms with Gasteiger partial charge in [0, 0.05) is 51.3 Å². The number of piperidine rings is 1. The molecule has 0 unspecified atom stereocenters. The molecule has 0 radical (unpaired) electrons. The minimum Gasteiger partial charge on any atom is -0.343 e. The van der Waals surface area contributed by atoms with Gasteiger partial charge in [0.1, 0.15) is 16.9 Å². The Morgan fingerprint density at radius 2 is 1.76 bits per heavy atom. The van der Waals surface area contributed by atoms with Crippen LogP contribution in [0.4, 0.5) is 5.69 Å². The highest BCUT2D eigenvalue weighted by atomic mass is 35.5. The van der Waals surface area contributed by atoms with Crippen molar-refractivity contribution in [2.75, 3.05) is 25.0 Å². The first-order valence-corrected chi connectivity index (χ1v) is 16.2. The summed E-state index contributed by atoms with van der Waals surface area (Å²) in [7, 11) is 0. The molecule has 230 valence electrons. The summed E-state index contributed by atoms with van der Waals surface area (Å²) >= 11 is 7.91. The van der Waals surface area contributed by atoms with Crippen LogP contribution in [0.15, 0.2) is 53.5 Å². The Hall–Kier alpha value is -4.30. The highest BCUT2D eigenvalue weighted by Crippen LogP contribution is 2.40. The number of benzene rings is 2. The number of anilines is 1. The molecule has 0 bridgehead atoms. The maximum Gasteiger partial charge on any atom is 0.227 e. The first-order chi connectivity index (χ1) is 21.7. The van der Waals surface area contributed by atoms with E-state index in [2.05, 4.69) is 45.8 Å². The van der Waals surface area contributed by atoms with Crippen molar-refractivity contribution in [3.05, 3.63) is 92.3 Å².